The number of ether oxygens (including phenoxy) is 4. The fraction of sp³-hybridized carbons (Fsp3) is 0.286. The van der Waals surface area contributed by atoms with E-state index in [1.807, 2.05) is 19.1 Å². The second kappa shape index (κ2) is 9.09. The maximum atomic E-state index is 12.2. The lowest BCUT2D eigenvalue weighted by molar-refractivity contribution is -0.153. The molecule has 0 N–H and O–H groups in total. The van der Waals surface area contributed by atoms with Crippen LogP contribution in [0.3, 0.4) is 0 Å². The van der Waals surface area contributed by atoms with E-state index in [0.717, 1.165) is 5.56 Å². The molecular formula is C21H22N2O6. The van der Waals surface area contributed by atoms with E-state index in [2.05, 4.69) is 10.1 Å². The van der Waals surface area contributed by atoms with Gasteiger partial charge < -0.3 is 23.5 Å². The van der Waals surface area contributed by atoms with Gasteiger partial charge in [0.05, 0.1) is 14.2 Å². The van der Waals surface area contributed by atoms with Gasteiger partial charge in [0.2, 0.25) is 5.82 Å². The fourth-order valence-corrected chi connectivity index (χ4v) is 2.53. The van der Waals surface area contributed by atoms with Gasteiger partial charge in [0.1, 0.15) is 5.75 Å². The molecule has 0 aliphatic carbocycles. The molecule has 0 saturated carbocycles. The van der Waals surface area contributed by atoms with Crippen molar-refractivity contribution in [3.8, 4) is 28.6 Å². The van der Waals surface area contributed by atoms with Crippen LogP contribution in [0.15, 0.2) is 47.0 Å². The van der Waals surface area contributed by atoms with Gasteiger partial charge in [-0.2, -0.15) is 4.98 Å². The zero-order chi connectivity index (χ0) is 20.8. The van der Waals surface area contributed by atoms with Gasteiger partial charge in [-0.3, -0.25) is 0 Å². The Labute approximate surface area is 168 Å². The molecule has 3 rings (SSSR count). The van der Waals surface area contributed by atoms with Crippen LogP contribution < -0.4 is 14.2 Å². The van der Waals surface area contributed by atoms with Gasteiger partial charge in [0.25, 0.3) is 5.89 Å². The molecule has 0 saturated heterocycles. The lowest BCUT2D eigenvalue weighted by Crippen LogP contribution is -2.26. The number of rotatable bonds is 8. The fourth-order valence-electron chi connectivity index (χ4n) is 2.53. The molecule has 8 heteroatoms. The van der Waals surface area contributed by atoms with Gasteiger partial charge in [0.15, 0.2) is 24.2 Å². The van der Waals surface area contributed by atoms with Crippen molar-refractivity contribution in [2.75, 3.05) is 14.2 Å². The van der Waals surface area contributed by atoms with E-state index >= 15 is 0 Å². The maximum Gasteiger partial charge on any atom is 0.347 e. The minimum Gasteiger partial charge on any atom is -0.493 e. The van der Waals surface area contributed by atoms with E-state index in [0.29, 0.717) is 28.6 Å². The van der Waals surface area contributed by atoms with Crippen LogP contribution in [0.25, 0.3) is 11.4 Å². The Bertz CT molecular complexity index is 968. The molecule has 2 aromatic carbocycles. The summed E-state index contributed by atoms with van der Waals surface area (Å²) in [7, 11) is 3.10. The first-order valence-electron chi connectivity index (χ1n) is 8.95. The zero-order valence-electron chi connectivity index (χ0n) is 16.7. The molecule has 1 aromatic heterocycles. The van der Waals surface area contributed by atoms with Gasteiger partial charge in [-0.1, -0.05) is 22.9 Å². The van der Waals surface area contributed by atoms with E-state index in [1.54, 1.807) is 51.5 Å². The number of aryl methyl sites for hydroxylation is 1. The number of carbonyl (C=O) groups is 1. The quantitative estimate of drug-likeness (QED) is 0.532. The van der Waals surface area contributed by atoms with Gasteiger partial charge in [-0.05, 0) is 44.2 Å². The first kappa shape index (κ1) is 20.2. The highest BCUT2D eigenvalue weighted by Gasteiger charge is 2.19. The minimum absolute atomic E-state index is 0.152. The smallest absolute Gasteiger partial charge is 0.347 e. The molecule has 8 nitrogen and oxygen atoms in total. The molecule has 152 valence electrons. The number of hydrogen-bond acceptors (Lipinski definition) is 8. The largest absolute Gasteiger partial charge is 0.493 e. The van der Waals surface area contributed by atoms with Crippen LogP contribution >= 0.6 is 0 Å². The monoisotopic (exact) mass is 398 g/mol. The molecule has 0 radical (unpaired) electrons. The van der Waals surface area contributed by atoms with Crippen molar-refractivity contribution in [2.45, 2.75) is 26.6 Å². The average molecular weight is 398 g/mol. The van der Waals surface area contributed by atoms with Gasteiger partial charge in [-0.25, -0.2) is 4.79 Å². The van der Waals surface area contributed by atoms with E-state index in [-0.39, 0.29) is 12.5 Å². The molecule has 3 aromatic rings. The molecule has 0 aliphatic rings. The topological polar surface area (TPSA) is 92.9 Å². The Morgan fingerprint density at radius 3 is 2.48 bits per heavy atom. The van der Waals surface area contributed by atoms with Gasteiger partial charge >= 0.3 is 5.97 Å². The summed E-state index contributed by atoms with van der Waals surface area (Å²) in [6.45, 7) is 3.44. The summed E-state index contributed by atoms with van der Waals surface area (Å²) < 4.78 is 26.4. The molecule has 0 fully saturated rings. The number of aromatic nitrogens is 2. The normalized spacial score (nSPS) is 11.6. The third-order valence-corrected chi connectivity index (χ3v) is 4.11. The predicted octanol–water partition coefficient (Wildman–Crippen LogP) is 3.57. The molecule has 1 atom stereocenters. The first-order valence-corrected chi connectivity index (χ1v) is 8.95. The Kier molecular flexibility index (Phi) is 6.33. The highest BCUT2D eigenvalue weighted by atomic mass is 16.6. The Balaban J connectivity index is 1.58. The van der Waals surface area contributed by atoms with Crippen molar-refractivity contribution < 1.29 is 28.3 Å². The molecule has 1 heterocycles. The summed E-state index contributed by atoms with van der Waals surface area (Å²) in [6.07, 6.45) is -0.772. The number of carbonyl (C=O) groups excluding carboxylic acids is 1. The predicted molar refractivity (Wildman–Crippen MR) is 104 cm³/mol. The zero-order valence-corrected chi connectivity index (χ0v) is 16.7. The minimum atomic E-state index is -0.772. The maximum absolute atomic E-state index is 12.2. The Morgan fingerprint density at radius 2 is 1.79 bits per heavy atom. The number of esters is 1. The summed E-state index contributed by atoms with van der Waals surface area (Å²) in [6, 6.07) is 12.7. The number of methoxy groups -OCH3 is 2. The molecule has 0 bridgehead atoms. The summed E-state index contributed by atoms with van der Waals surface area (Å²) in [5.74, 6) is 1.72. The third-order valence-electron chi connectivity index (χ3n) is 4.11. The highest BCUT2D eigenvalue weighted by Crippen LogP contribution is 2.31. The van der Waals surface area contributed by atoms with Crippen molar-refractivity contribution in [2.24, 2.45) is 0 Å². The van der Waals surface area contributed by atoms with E-state index in [4.69, 9.17) is 23.5 Å². The lowest BCUT2D eigenvalue weighted by atomic mass is 10.2. The standard InChI is InChI=1S/C21H22N2O6/c1-13-5-8-16(9-6-13)28-14(2)21(24)27-12-19-22-20(23-29-19)15-7-10-17(25-3)18(11-15)26-4/h5-11,14H,12H2,1-4H3. The van der Waals surface area contributed by atoms with E-state index in [1.165, 1.54) is 0 Å². The summed E-state index contributed by atoms with van der Waals surface area (Å²) in [5.41, 5.74) is 1.79. The number of hydrogen-bond donors (Lipinski definition) is 0. The first-order chi connectivity index (χ1) is 14.0. The average Bonchev–Trinajstić information content (AvgIpc) is 3.22. The number of nitrogens with zero attached hydrogens (tertiary/aromatic N) is 2. The summed E-state index contributed by atoms with van der Waals surface area (Å²) >= 11 is 0. The van der Waals surface area contributed by atoms with Gasteiger partial charge in [0, 0.05) is 5.56 Å². The van der Waals surface area contributed by atoms with Crippen molar-refractivity contribution in [1.29, 1.82) is 0 Å². The van der Waals surface area contributed by atoms with Crippen molar-refractivity contribution in [3.05, 3.63) is 53.9 Å². The lowest BCUT2D eigenvalue weighted by Gasteiger charge is -2.13. The second-order valence-corrected chi connectivity index (χ2v) is 6.26. The van der Waals surface area contributed by atoms with Crippen molar-refractivity contribution >= 4 is 5.97 Å². The highest BCUT2D eigenvalue weighted by molar-refractivity contribution is 5.74. The Hall–Kier alpha value is -3.55. The van der Waals surface area contributed by atoms with Crippen LogP contribution in [0.5, 0.6) is 17.2 Å². The molecule has 0 spiro atoms. The van der Waals surface area contributed by atoms with Crippen LogP contribution in [-0.4, -0.2) is 36.4 Å². The van der Waals surface area contributed by atoms with Crippen LogP contribution in [-0.2, 0) is 16.1 Å². The summed E-state index contributed by atoms with van der Waals surface area (Å²) in [4.78, 5) is 16.4. The third kappa shape index (κ3) is 5.04. The van der Waals surface area contributed by atoms with Gasteiger partial charge in [-0.15, -0.1) is 0 Å². The van der Waals surface area contributed by atoms with Crippen molar-refractivity contribution in [1.82, 2.24) is 10.1 Å². The van der Waals surface area contributed by atoms with Crippen molar-refractivity contribution in [3.63, 3.8) is 0 Å². The van der Waals surface area contributed by atoms with E-state index in [9.17, 15) is 4.79 Å². The second-order valence-electron chi connectivity index (χ2n) is 6.26. The number of benzene rings is 2. The Morgan fingerprint density at radius 1 is 1.07 bits per heavy atom. The van der Waals surface area contributed by atoms with E-state index < -0.39 is 12.1 Å². The van der Waals surface area contributed by atoms with Crippen LogP contribution in [0.2, 0.25) is 0 Å². The molecule has 0 amide bonds. The van der Waals surface area contributed by atoms with Crippen LogP contribution in [0, 0.1) is 6.92 Å². The molecule has 1 unspecified atom stereocenters. The molecule has 0 aliphatic heterocycles. The summed E-state index contributed by atoms with van der Waals surface area (Å²) in [5, 5.41) is 3.91. The SMILES string of the molecule is COc1ccc(-c2noc(COC(=O)C(C)Oc3ccc(C)cc3)n2)cc1OC. The molecule has 29 heavy (non-hydrogen) atoms. The van der Waals surface area contributed by atoms with Crippen LogP contribution in [0.4, 0.5) is 0 Å². The molecular weight excluding hydrogens is 376 g/mol. The van der Waals surface area contributed by atoms with Crippen LogP contribution in [0.1, 0.15) is 18.4 Å².